The molecule has 7 nitrogen and oxygen atoms in total. The Bertz CT molecular complexity index is 1220. The van der Waals surface area contributed by atoms with Gasteiger partial charge >= 0.3 is 0 Å². The SMILES string of the molecule is O=C(N/N=C/c1cccc(Cl)c1)c1ccc(-c2nnc(-c3ccccc3O)o2)cc1. The third-order valence-corrected chi connectivity index (χ3v) is 4.42. The molecule has 0 unspecified atom stereocenters. The Morgan fingerprint density at radius 1 is 1.00 bits per heavy atom. The average Bonchev–Trinajstić information content (AvgIpc) is 3.24. The number of benzene rings is 3. The summed E-state index contributed by atoms with van der Waals surface area (Å²) in [5.41, 5.74) is 4.75. The molecular formula is C22H15ClN4O3. The van der Waals surface area contributed by atoms with Gasteiger partial charge in [-0.15, -0.1) is 10.2 Å². The summed E-state index contributed by atoms with van der Waals surface area (Å²) in [6.07, 6.45) is 1.51. The van der Waals surface area contributed by atoms with Crippen molar-refractivity contribution in [2.45, 2.75) is 0 Å². The lowest BCUT2D eigenvalue weighted by atomic mass is 10.1. The van der Waals surface area contributed by atoms with Crippen LogP contribution in [0.4, 0.5) is 0 Å². The van der Waals surface area contributed by atoms with Crippen LogP contribution in [0, 0.1) is 0 Å². The van der Waals surface area contributed by atoms with Crippen LogP contribution in [0.3, 0.4) is 0 Å². The van der Waals surface area contributed by atoms with E-state index in [1.54, 1.807) is 66.7 Å². The van der Waals surface area contributed by atoms with Gasteiger partial charge in [-0.25, -0.2) is 5.43 Å². The minimum atomic E-state index is -0.361. The van der Waals surface area contributed by atoms with Gasteiger partial charge in [-0.1, -0.05) is 35.9 Å². The van der Waals surface area contributed by atoms with Crippen LogP contribution in [0.1, 0.15) is 15.9 Å². The van der Waals surface area contributed by atoms with Crippen molar-refractivity contribution in [3.8, 4) is 28.7 Å². The van der Waals surface area contributed by atoms with E-state index in [1.165, 1.54) is 6.21 Å². The van der Waals surface area contributed by atoms with E-state index >= 15 is 0 Å². The number of aromatic hydroxyl groups is 1. The molecule has 0 aliphatic heterocycles. The van der Waals surface area contributed by atoms with Gasteiger partial charge in [0, 0.05) is 16.1 Å². The fourth-order valence-electron chi connectivity index (χ4n) is 2.68. The molecule has 0 saturated carbocycles. The van der Waals surface area contributed by atoms with Crippen LogP contribution in [0.5, 0.6) is 5.75 Å². The number of phenols is 1. The number of hydrogen-bond acceptors (Lipinski definition) is 6. The molecule has 0 spiro atoms. The van der Waals surface area contributed by atoms with Crippen LogP contribution in [0.25, 0.3) is 22.9 Å². The molecule has 0 bridgehead atoms. The molecule has 3 aromatic carbocycles. The molecule has 4 aromatic rings. The second-order valence-electron chi connectivity index (χ2n) is 6.26. The summed E-state index contributed by atoms with van der Waals surface area (Å²) in [7, 11) is 0. The van der Waals surface area contributed by atoms with Crippen molar-refractivity contribution in [1.82, 2.24) is 15.6 Å². The van der Waals surface area contributed by atoms with Crippen LogP contribution in [-0.4, -0.2) is 27.4 Å². The maximum absolute atomic E-state index is 12.2. The van der Waals surface area contributed by atoms with E-state index in [2.05, 4.69) is 20.7 Å². The molecule has 1 heterocycles. The Morgan fingerprint density at radius 3 is 2.53 bits per heavy atom. The molecule has 0 saturated heterocycles. The highest BCUT2D eigenvalue weighted by atomic mass is 35.5. The smallest absolute Gasteiger partial charge is 0.271 e. The first-order valence-corrected chi connectivity index (χ1v) is 9.29. The molecular weight excluding hydrogens is 404 g/mol. The van der Waals surface area contributed by atoms with Gasteiger partial charge in [-0.05, 0) is 54.1 Å². The molecule has 4 rings (SSSR count). The summed E-state index contributed by atoms with van der Waals surface area (Å²) in [6, 6.07) is 20.5. The van der Waals surface area contributed by atoms with Crippen molar-refractivity contribution in [2.75, 3.05) is 0 Å². The number of carbonyl (C=O) groups excluding carboxylic acids is 1. The number of halogens is 1. The van der Waals surface area contributed by atoms with Crippen molar-refractivity contribution >= 4 is 23.7 Å². The van der Waals surface area contributed by atoms with Crippen molar-refractivity contribution in [2.24, 2.45) is 5.10 Å². The number of hydrogen-bond donors (Lipinski definition) is 2. The highest BCUT2D eigenvalue weighted by Crippen LogP contribution is 2.29. The first kappa shape index (κ1) is 19.4. The van der Waals surface area contributed by atoms with Gasteiger partial charge in [0.05, 0.1) is 11.8 Å². The van der Waals surface area contributed by atoms with Crippen LogP contribution in [0.2, 0.25) is 5.02 Å². The van der Waals surface area contributed by atoms with E-state index in [1.807, 2.05) is 6.07 Å². The third kappa shape index (κ3) is 4.37. The topological polar surface area (TPSA) is 101 Å². The van der Waals surface area contributed by atoms with Crippen LogP contribution in [-0.2, 0) is 0 Å². The van der Waals surface area contributed by atoms with Gasteiger partial charge in [0.2, 0.25) is 5.89 Å². The van der Waals surface area contributed by atoms with Gasteiger partial charge in [0.1, 0.15) is 5.75 Å². The average molecular weight is 419 g/mol. The zero-order valence-electron chi connectivity index (χ0n) is 15.5. The maximum Gasteiger partial charge on any atom is 0.271 e. The number of phenolic OH excluding ortho intramolecular Hbond substituents is 1. The monoisotopic (exact) mass is 418 g/mol. The summed E-state index contributed by atoms with van der Waals surface area (Å²) in [5.74, 6) is 0.178. The highest BCUT2D eigenvalue weighted by molar-refractivity contribution is 6.30. The van der Waals surface area contributed by atoms with E-state index in [0.29, 0.717) is 21.7 Å². The summed E-state index contributed by atoms with van der Waals surface area (Å²) in [5, 5.41) is 22.4. The summed E-state index contributed by atoms with van der Waals surface area (Å²) in [6.45, 7) is 0. The standard InChI is InChI=1S/C22H15ClN4O3/c23-17-5-3-4-14(12-17)13-24-25-20(29)15-8-10-16(11-9-15)21-26-27-22(30-21)18-6-1-2-7-19(18)28/h1-13,28H,(H,25,29)/b24-13+. The van der Waals surface area contributed by atoms with Gasteiger partial charge in [0.25, 0.3) is 11.8 Å². The molecule has 8 heteroatoms. The molecule has 0 aliphatic carbocycles. The molecule has 0 radical (unpaired) electrons. The molecule has 2 N–H and O–H groups in total. The largest absolute Gasteiger partial charge is 0.507 e. The number of aromatic nitrogens is 2. The number of rotatable bonds is 5. The summed E-state index contributed by atoms with van der Waals surface area (Å²) >= 11 is 5.91. The zero-order chi connectivity index (χ0) is 20.9. The van der Waals surface area contributed by atoms with Crippen molar-refractivity contribution in [1.29, 1.82) is 0 Å². The van der Waals surface area contributed by atoms with Gasteiger partial charge in [-0.2, -0.15) is 5.10 Å². The maximum atomic E-state index is 12.2. The summed E-state index contributed by atoms with van der Waals surface area (Å²) < 4.78 is 5.64. The number of nitrogens with zero attached hydrogens (tertiary/aromatic N) is 3. The van der Waals surface area contributed by atoms with E-state index in [4.69, 9.17) is 16.0 Å². The van der Waals surface area contributed by atoms with Gasteiger partial charge in [-0.3, -0.25) is 4.79 Å². The van der Waals surface area contributed by atoms with Crippen molar-refractivity contribution < 1.29 is 14.3 Å². The number of nitrogens with one attached hydrogen (secondary N) is 1. The van der Waals surface area contributed by atoms with Gasteiger partial charge in [0.15, 0.2) is 0 Å². The number of carbonyl (C=O) groups is 1. The molecule has 1 amide bonds. The van der Waals surface area contributed by atoms with Crippen LogP contribution in [0.15, 0.2) is 82.3 Å². The normalized spacial score (nSPS) is 11.0. The van der Waals surface area contributed by atoms with Crippen molar-refractivity contribution in [3.63, 3.8) is 0 Å². The second-order valence-corrected chi connectivity index (χ2v) is 6.70. The molecule has 0 atom stereocenters. The lowest BCUT2D eigenvalue weighted by molar-refractivity contribution is 0.0955. The second kappa shape index (κ2) is 8.59. The lowest BCUT2D eigenvalue weighted by Gasteiger charge is -2.01. The zero-order valence-corrected chi connectivity index (χ0v) is 16.2. The third-order valence-electron chi connectivity index (χ3n) is 4.18. The Labute approximate surface area is 176 Å². The lowest BCUT2D eigenvalue weighted by Crippen LogP contribution is -2.17. The molecule has 1 aromatic heterocycles. The fraction of sp³-hybridized carbons (Fsp3) is 0. The molecule has 30 heavy (non-hydrogen) atoms. The first-order valence-electron chi connectivity index (χ1n) is 8.91. The highest BCUT2D eigenvalue weighted by Gasteiger charge is 2.14. The van der Waals surface area contributed by atoms with E-state index in [0.717, 1.165) is 5.56 Å². The predicted octanol–water partition coefficient (Wildman–Crippen LogP) is 4.53. The first-order chi connectivity index (χ1) is 14.6. The molecule has 0 aliphatic rings. The fourth-order valence-corrected chi connectivity index (χ4v) is 2.88. The minimum Gasteiger partial charge on any atom is -0.507 e. The van der Waals surface area contributed by atoms with Gasteiger partial charge < -0.3 is 9.52 Å². The number of amides is 1. The summed E-state index contributed by atoms with van der Waals surface area (Å²) in [4.78, 5) is 12.2. The van der Waals surface area contributed by atoms with Crippen LogP contribution >= 0.6 is 11.6 Å². The predicted molar refractivity (Wildman–Crippen MR) is 113 cm³/mol. The molecule has 0 fully saturated rings. The van der Waals surface area contributed by atoms with E-state index < -0.39 is 0 Å². The van der Waals surface area contributed by atoms with E-state index in [-0.39, 0.29) is 23.4 Å². The molecule has 148 valence electrons. The minimum absolute atomic E-state index is 0.0537. The van der Waals surface area contributed by atoms with Crippen molar-refractivity contribution in [3.05, 3.63) is 88.9 Å². The van der Waals surface area contributed by atoms with Crippen LogP contribution < -0.4 is 5.43 Å². The number of para-hydroxylation sites is 1. The Hall–Kier alpha value is -3.97. The van der Waals surface area contributed by atoms with E-state index in [9.17, 15) is 9.90 Å². The Balaban J connectivity index is 1.44. The number of hydrazone groups is 1. The Kier molecular flexibility index (Phi) is 5.54. The quantitative estimate of drug-likeness (QED) is 0.366. The Morgan fingerprint density at radius 2 is 1.77 bits per heavy atom.